The molecule has 0 atom stereocenters. The van der Waals surface area contributed by atoms with Gasteiger partial charge in [-0.15, -0.1) is 22.7 Å². The lowest BCUT2D eigenvalue weighted by Gasteiger charge is -2.09. The summed E-state index contributed by atoms with van der Waals surface area (Å²) in [7, 11) is 0. The maximum Gasteiger partial charge on any atom is 0.165 e. The molecule has 0 aliphatic rings. The van der Waals surface area contributed by atoms with Gasteiger partial charge in [-0.25, -0.2) is 15.0 Å². The molecule has 0 aliphatic carbocycles. The molecule has 8 aromatic carbocycles. The van der Waals surface area contributed by atoms with E-state index in [0.29, 0.717) is 17.5 Å². The van der Waals surface area contributed by atoms with E-state index in [0.717, 1.165) is 16.7 Å². The standard InChI is InChI=1S/C51H30N4S2/c1-3-13-31(14-4-1)49-52-50(32-15-5-2-6-16-32)54-51(53-49)40-21-11-20-39-38-27-25-33(29-46(38)57-48(39)40)35-19-12-24-45-47(35)41-30-34(26-28-44(41)56-45)55-42-22-9-7-17-36(42)37-18-8-10-23-43(37)55/h1-30H. The number of thiophene rings is 2. The average Bonchev–Trinajstić information content (AvgIpc) is 3.96. The van der Waals surface area contributed by atoms with E-state index in [1.807, 2.05) is 59.1 Å². The largest absolute Gasteiger partial charge is 0.309 e. The second-order valence-corrected chi connectivity index (χ2v) is 16.5. The summed E-state index contributed by atoms with van der Waals surface area (Å²) in [6, 6.07) is 64.9. The molecule has 4 heterocycles. The lowest BCUT2D eigenvalue weighted by atomic mass is 9.98. The summed E-state index contributed by atoms with van der Waals surface area (Å²) in [6.45, 7) is 0. The Hall–Kier alpha value is -6.99. The van der Waals surface area contributed by atoms with E-state index in [2.05, 4.69) is 150 Å². The van der Waals surface area contributed by atoms with Gasteiger partial charge in [0.05, 0.1) is 11.0 Å². The van der Waals surface area contributed by atoms with Crippen LogP contribution in [0.5, 0.6) is 0 Å². The normalized spacial score (nSPS) is 11.9. The van der Waals surface area contributed by atoms with Crippen molar-refractivity contribution in [1.29, 1.82) is 0 Å². The Morgan fingerprint density at radius 3 is 1.68 bits per heavy atom. The number of fused-ring (bicyclic) bond motifs is 9. The van der Waals surface area contributed by atoms with Crippen molar-refractivity contribution in [2.45, 2.75) is 0 Å². The first-order valence-electron chi connectivity index (χ1n) is 19.0. The first-order valence-corrected chi connectivity index (χ1v) is 20.7. The molecule has 4 nitrogen and oxygen atoms in total. The first kappa shape index (κ1) is 32.3. The summed E-state index contributed by atoms with van der Waals surface area (Å²) < 4.78 is 7.40. The van der Waals surface area contributed by atoms with Crippen LogP contribution in [0.1, 0.15) is 0 Å². The lowest BCUT2D eigenvalue weighted by molar-refractivity contribution is 1.08. The highest BCUT2D eigenvalue weighted by Crippen LogP contribution is 2.45. The third-order valence-electron chi connectivity index (χ3n) is 11.1. The molecule has 0 N–H and O–H groups in total. The Morgan fingerprint density at radius 2 is 0.965 bits per heavy atom. The number of benzene rings is 8. The van der Waals surface area contributed by atoms with Gasteiger partial charge in [0.25, 0.3) is 0 Å². The van der Waals surface area contributed by atoms with Gasteiger partial charge in [0.15, 0.2) is 17.5 Å². The first-order chi connectivity index (χ1) is 28.2. The second-order valence-electron chi connectivity index (χ2n) is 14.4. The number of hydrogen-bond donors (Lipinski definition) is 0. The van der Waals surface area contributed by atoms with Crippen LogP contribution in [0.2, 0.25) is 0 Å². The number of nitrogens with zero attached hydrogens (tertiary/aromatic N) is 4. The Bertz CT molecular complexity index is 3410. The molecule has 0 saturated carbocycles. The molecule has 6 heteroatoms. The molecule has 0 fully saturated rings. The minimum absolute atomic E-state index is 0.664. The minimum Gasteiger partial charge on any atom is -0.309 e. The van der Waals surface area contributed by atoms with Crippen LogP contribution in [0.25, 0.3) is 113 Å². The van der Waals surface area contributed by atoms with Crippen molar-refractivity contribution in [2.24, 2.45) is 0 Å². The van der Waals surface area contributed by atoms with E-state index < -0.39 is 0 Å². The van der Waals surface area contributed by atoms with E-state index in [4.69, 9.17) is 15.0 Å². The third-order valence-corrected chi connectivity index (χ3v) is 13.4. The molecule has 12 aromatic rings. The number of hydrogen-bond acceptors (Lipinski definition) is 5. The van der Waals surface area contributed by atoms with Gasteiger partial charge in [0.1, 0.15) is 0 Å². The van der Waals surface area contributed by atoms with Crippen molar-refractivity contribution < 1.29 is 0 Å². The summed E-state index contributed by atoms with van der Waals surface area (Å²) in [4.78, 5) is 15.1. The highest BCUT2D eigenvalue weighted by Gasteiger charge is 2.19. The van der Waals surface area contributed by atoms with E-state index in [1.165, 1.54) is 79.0 Å². The van der Waals surface area contributed by atoms with Crippen LogP contribution in [-0.4, -0.2) is 19.5 Å². The number of aromatic nitrogens is 4. The fourth-order valence-electron chi connectivity index (χ4n) is 8.47. The number of para-hydroxylation sites is 2. The van der Waals surface area contributed by atoms with Gasteiger partial charge in [0, 0.05) is 73.5 Å². The monoisotopic (exact) mass is 762 g/mol. The Labute approximate surface area is 335 Å². The fraction of sp³-hybridized carbons (Fsp3) is 0. The van der Waals surface area contributed by atoms with Crippen molar-refractivity contribution in [3.05, 3.63) is 182 Å². The summed E-state index contributed by atoms with van der Waals surface area (Å²) in [5, 5.41) is 7.56. The van der Waals surface area contributed by atoms with Gasteiger partial charge >= 0.3 is 0 Å². The molecule has 0 saturated heterocycles. The van der Waals surface area contributed by atoms with Crippen molar-refractivity contribution >= 4 is 84.8 Å². The zero-order valence-corrected chi connectivity index (χ0v) is 32.1. The lowest BCUT2D eigenvalue weighted by Crippen LogP contribution is -2.00. The molecule has 0 amide bonds. The molecule has 4 aromatic heterocycles. The second kappa shape index (κ2) is 12.8. The van der Waals surface area contributed by atoms with Gasteiger partial charge in [0.2, 0.25) is 0 Å². The summed E-state index contributed by atoms with van der Waals surface area (Å²) in [5.74, 6) is 2.00. The topological polar surface area (TPSA) is 43.6 Å². The van der Waals surface area contributed by atoms with Crippen molar-refractivity contribution in [3.63, 3.8) is 0 Å². The molecule has 0 aliphatic heterocycles. The molecule has 0 spiro atoms. The van der Waals surface area contributed by atoms with Crippen LogP contribution in [0.3, 0.4) is 0 Å². The Balaban J connectivity index is 1.02. The summed E-state index contributed by atoms with van der Waals surface area (Å²) in [6.07, 6.45) is 0. The van der Waals surface area contributed by atoms with Gasteiger partial charge in [-0.05, 0) is 59.7 Å². The SMILES string of the molecule is c1ccc(-c2nc(-c3ccccc3)nc(-c3cccc4c3sc3cc(-c5cccc6sc7ccc(-n8c9ccccc9c9ccccc98)cc7c56)ccc34)n2)cc1. The molecule has 0 unspecified atom stereocenters. The van der Waals surface area contributed by atoms with Gasteiger partial charge in [-0.1, -0.05) is 133 Å². The number of rotatable bonds is 5. The molecule has 0 radical (unpaired) electrons. The van der Waals surface area contributed by atoms with Crippen molar-refractivity contribution in [1.82, 2.24) is 19.5 Å². The van der Waals surface area contributed by atoms with Crippen LogP contribution in [0.15, 0.2) is 182 Å². The van der Waals surface area contributed by atoms with Gasteiger partial charge in [-0.2, -0.15) is 0 Å². The van der Waals surface area contributed by atoms with Crippen LogP contribution < -0.4 is 0 Å². The summed E-state index contributed by atoms with van der Waals surface area (Å²) in [5.41, 5.74) is 9.00. The Kier molecular flexibility index (Phi) is 7.24. The molecular formula is C51H30N4S2. The maximum atomic E-state index is 5.08. The average molecular weight is 763 g/mol. The molecule has 0 bridgehead atoms. The Morgan fingerprint density at radius 1 is 0.351 bits per heavy atom. The molecule has 12 rings (SSSR count). The smallest absolute Gasteiger partial charge is 0.165 e. The molecule has 57 heavy (non-hydrogen) atoms. The van der Waals surface area contributed by atoms with Crippen LogP contribution in [-0.2, 0) is 0 Å². The van der Waals surface area contributed by atoms with Crippen molar-refractivity contribution in [3.8, 4) is 51.0 Å². The highest BCUT2D eigenvalue weighted by atomic mass is 32.1. The zero-order valence-electron chi connectivity index (χ0n) is 30.4. The van der Waals surface area contributed by atoms with E-state index in [1.54, 1.807) is 0 Å². The predicted molar refractivity (Wildman–Crippen MR) is 242 cm³/mol. The minimum atomic E-state index is 0.664. The van der Waals surface area contributed by atoms with Crippen LogP contribution >= 0.6 is 22.7 Å². The van der Waals surface area contributed by atoms with E-state index in [-0.39, 0.29) is 0 Å². The highest BCUT2D eigenvalue weighted by molar-refractivity contribution is 7.26. The third kappa shape index (κ3) is 5.15. The predicted octanol–water partition coefficient (Wildman–Crippen LogP) is 14.4. The summed E-state index contributed by atoms with van der Waals surface area (Å²) >= 11 is 3.67. The zero-order chi connectivity index (χ0) is 37.5. The van der Waals surface area contributed by atoms with Crippen LogP contribution in [0, 0.1) is 0 Å². The van der Waals surface area contributed by atoms with Crippen LogP contribution in [0.4, 0.5) is 0 Å². The van der Waals surface area contributed by atoms with Gasteiger partial charge in [-0.3, -0.25) is 0 Å². The van der Waals surface area contributed by atoms with E-state index >= 15 is 0 Å². The van der Waals surface area contributed by atoms with Gasteiger partial charge < -0.3 is 4.57 Å². The maximum absolute atomic E-state index is 5.08. The quantitative estimate of drug-likeness (QED) is 0.175. The fourth-order valence-corrected chi connectivity index (χ4v) is 10.8. The molecular weight excluding hydrogens is 733 g/mol. The van der Waals surface area contributed by atoms with E-state index in [9.17, 15) is 0 Å². The van der Waals surface area contributed by atoms with Crippen molar-refractivity contribution in [2.75, 3.05) is 0 Å². The molecule has 266 valence electrons.